The fraction of sp³-hybridized carbons (Fsp3) is 0.368. The Balaban J connectivity index is 1.61. The Kier molecular flexibility index (Phi) is 5.25. The van der Waals surface area contributed by atoms with Gasteiger partial charge in [0.25, 0.3) is 0 Å². The molecular formula is C19H22N4O4. The van der Waals surface area contributed by atoms with Gasteiger partial charge in [0.05, 0.1) is 11.3 Å². The number of piperidine rings is 1. The minimum Gasteiger partial charge on any atom is -0.506 e. The maximum atomic E-state index is 12.5. The Bertz CT molecular complexity index is 856. The van der Waals surface area contributed by atoms with Crippen molar-refractivity contribution in [2.45, 2.75) is 26.7 Å². The summed E-state index contributed by atoms with van der Waals surface area (Å²) >= 11 is 0. The van der Waals surface area contributed by atoms with E-state index in [0.29, 0.717) is 31.9 Å². The van der Waals surface area contributed by atoms with E-state index in [1.807, 2.05) is 19.9 Å². The molecule has 8 nitrogen and oxygen atoms in total. The van der Waals surface area contributed by atoms with Gasteiger partial charge in [-0.3, -0.25) is 4.79 Å². The van der Waals surface area contributed by atoms with Gasteiger partial charge >= 0.3 is 5.97 Å². The third kappa shape index (κ3) is 4.33. The molecule has 0 spiro atoms. The molecule has 1 saturated heterocycles. The van der Waals surface area contributed by atoms with Crippen LogP contribution in [0.5, 0.6) is 5.75 Å². The van der Waals surface area contributed by atoms with Gasteiger partial charge in [-0.1, -0.05) is 0 Å². The molecular weight excluding hydrogens is 348 g/mol. The van der Waals surface area contributed by atoms with Crippen molar-refractivity contribution >= 4 is 23.5 Å². The second-order valence-electron chi connectivity index (χ2n) is 6.74. The van der Waals surface area contributed by atoms with E-state index in [0.717, 1.165) is 17.5 Å². The van der Waals surface area contributed by atoms with Crippen LogP contribution < -0.4 is 10.2 Å². The van der Waals surface area contributed by atoms with E-state index >= 15 is 0 Å². The lowest BCUT2D eigenvalue weighted by molar-refractivity contribution is -0.120. The van der Waals surface area contributed by atoms with Crippen LogP contribution in [0.15, 0.2) is 24.3 Å². The molecule has 3 rings (SSSR count). The molecule has 1 aromatic heterocycles. The smallest absolute Gasteiger partial charge is 0.335 e. The van der Waals surface area contributed by atoms with Crippen molar-refractivity contribution in [3.05, 3.63) is 41.2 Å². The van der Waals surface area contributed by atoms with Crippen LogP contribution in [0.3, 0.4) is 0 Å². The summed E-state index contributed by atoms with van der Waals surface area (Å²) in [6.07, 6.45) is 1.30. The fourth-order valence-electron chi connectivity index (χ4n) is 3.20. The molecule has 0 aliphatic carbocycles. The van der Waals surface area contributed by atoms with Crippen molar-refractivity contribution in [3.63, 3.8) is 0 Å². The molecule has 1 aliphatic rings. The average Bonchev–Trinajstić information content (AvgIpc) is 2.62. The Hall–Kier alpha value is -3.16. The second-order valence-corrected chi connectivity index (χ2v) is 6.74. The molecule has 1 aromatic carbocycles. The Labute approximate surface area is 156 Å². The van der Waals surface area contributed by atoms with E-state index in [-0.39, 0.29) is 28.8 Å². The molecule has 8 heteroatoms. The summed E-state index contributed by atoms with van der Waals surface area (Å²) < 4.78 is 0. The van der Waals surface area contributed by atoms with Gasteiger partial charge in [0.2, 0.25) is 11.9 Å². The number of amides is 1. The quantitative estimate of drug-likeness (QED) is 0.708. The highest BCUT2D eigenvalue weighted by Crippen LogP contribution is 2.27. The predicted octanol–water partition coefficient (Wildman–Crippen LogP) is 2.35. The number of nitrogens with zero attached hydrogens (tertiary/aromatic N) is 3. The van der Waals surface area contributed by atoms with Crippen molar-refractivity contribution in [1.29, 1.82) is 0 Å². The van der Waals surface area contributed by atoms with Gasteiger partial charge in [0.15, 0.2) is 0 Å². The van der Waals surface area contributed by atoms with E-state index in [1.54, 1.807) is 0 Å². The van der Waals surface area contributed by atoms with Gasteiger partial charge in [-0.2, -0.15) is 0 Å². The maximum absolute atomic E-state index is 12.5. The average molecular weight is 370 g/mol. The molecule has 0 atom stereocenters. The van der Waals surface area contributed by atoms with Crippen LogP contribution in [0.1, 0.15) is 34.6 Å². The van der Waals surface area contributed by atoms with Crippen LogP contribution in [0.25, 0.3) is 0 Å². The number of carbonyl (C=O) groups excluding carboxylic acids is 1. The molecule has 3 N–H and O–H groups in total. The first-order valence-electron chi connectivity index (χ1n) is 8.78. The predicted molar refractivity (Wildman–Crippen MR) is 100 cm³/mol. The molecule has 0 saturated carbocycles. The van der Waals surface area contributed by atoms with Gasteiger partial charge in [-0.15, -0.1) is 0 Å². The summed E-state index contributed by atoms with van der Waals surface area (Å²) in [6, 6.07) is 5.79. The number of aromatic hydroxyl groups is 1. The number of carbonyl (C=O) groups is 2. The number of anilines is 2. The Morgan fingerprint density at radius 1 is 1.11 bits per heavy atom. The minimum atomic E-state index is -1.14. The van der Waals surface area contributed by atoms with E-state index in [1.165, 1.54) is 12.1 Å². The number of benzene rings is 1. The largest absolute Gasteiger partial charge is 0.506 e. The van der Waals surface area contributed by atoms with Gasteiger partial charge in [0, 0.05) is 30.4 Å². The Morgan fingerprint density at radius 3 is 2.30 bits per heavy atom. The number of aromatic nitrogens is 2. The zero-order valence-corrected chi connectivity index (χ0v) is 15.3. The summed E-state index contributed by atoms with van der Waals surface area (Å²) in [7, 11) is 0. The van der Waals surface area contributed by atoms with Crippen molar-refractivity contribution < 1.29 is 19.8 Å². The van der Waals surface area contributed by atoms with Gasteiger partial charge in [0.1, 0.15) is 5.75 Å². The molecule has 0 unspecified atom stereocenters. The first-order valence-corrected chi connectivity index (χ1v) is 8.78. The topological polar surface area (TPSA) is 116 Å². The first kappa shape index (κ1) is 18.6. The molecule has 1 fully saturated rings. The normalized spacial score (nSPS) is 14.8. The minimum absolute atomic E-state index is 0.0349. The molecule has 27 heavy (non-hydrogen) atoms. The van der Waals surface area contributed by atoms with Crippen LogP contribution in [-0.2, 0) is 4.79 Å². The summed E-state index contributed by atoms with van der Waals surface area (Å²) in [6.45, 7) is 5.21. The fourth-order valence-corrected chi connectivity index (χ4v) is 3.20. The van der Waals surface area contributed by atoms with Crippen LogP contribution in [0.4, 0.5) is 11.6 Å². The number of carboxylic acids is 1. The van der Waals surface area contributed by atoms with Gasteiger partial charge in [-0.25, -0.2) is 14.8 Å². The van der Waals surface area contributed by atoms with E-state index in [4.69, 9.17) is 5.11 Å². The highest BCUT2D eigenvalue weighted by atomic mass is 16.4. The Morgan fingerprint density at radius 2 is 1.74 bits per heavy atom. The summed E-state index contributed by atoms with van der Waals surface area (Å²) in [4.78, 5) is 34.4. The number of phenols is 1. The lowest BCUT2D eigenvalue weighted by Crippen LogP contribution is -2.39. The standard InChI is InChI=1S/C19H22N4O4/c1-11-9-12(2)21-19(20-11)23-7-5-13(6-8-23)17(25)22-15-4-3-14(18(26)27)10-16(15)24/h3-4,9-10,13,24H,5-8H2,1-2H3,(H,22,25)(H,26,27). The van der Waals surface area contributed by atoms with Crippen molar-refractivity contribution in [3.8, 4) is 5.75 Å². The number of carboxylic acid groups (broad SMARTS) is 1. The van der Waals surface area contributed by atoms with Crippen molar-refractivity contribution in [1.82, 2.24) is 9.97 Å². The van der Waals surface area contributed by atoms with E-state index in [2.05, 4.69) is 20.2 Å². The third-order valence-corrected chi connectivity index (χ3v) is 4.62. The van der Waals surface area contributed by atoms with E-state index in [9.17, 15) is 14.7 Å². The maximum Gasteiger partial charge on any atom is 0.335 e. The lowest BCUT2D eigenvalue weighted by atomic mass is 9.96. The highest BCUT2D eigenvalue weighted by molar-refractivity contribution is 5.95. The molecule has 1 aliphatic heterocycles. The number of rotatable bonds is 4. The monoisotopic (exact) mass is 370 g/mol. The number of hydrogen-bond donors (Lipinski definition) is 3. The molecule has 2 heterocycles. The van der Waals surface area contributed by atoms with Crippen LogP contribution >= 0.6 is 0 Å². The molecule has 1 amide bonds. The van der Waals surface area contributed by atoms with Crippen molar-refractivity contribution in [2.24, 2.45) is 5.92 Å². The number of hydrogen-bond acceptors (Lipinski definition) is 6. The number of nitrogens with one attached hydrogen (secondary N) is 1. The van der Waals surface area contributed by atoms with Gasteiger partial charge in [-0.05, 0) is 51.0 Å². The number of aromatic carboxylic acids is 1. The number of phenolic OH excluding ortho intramolecular Hbond substituents is 1. The second kappa shape index (κ2) is 7.61. The van der Waals surface area contributed by atoms with E-state index < -0.39 is 5.97 Å². The SMILES string of the molecule is Cc1cc(C)nc(N2CCC(C(=O)Nc3ccc(C(=O)O)cc3O)CC2)n1. The number of aryl methyl sites for hydroxylation is 2. The van der Waals surface area contributed by atoms with Crippen molar-refractivity contribution in [2.75, 3.05) is 23.3 Å². The van der Waals surface area contributed by atoms with Crippen LogP contribution in [0, 0.1) is 19.8 Å². The summed E-state index contributed by atoms with van der Waals surface area (Å²) in [5.41, 5.74) is 2.01. The van der Waals surface area contributed by atoms with Crippen LogP contribution in [0.2, 0.25) is 0 Å². The molecule has 0 bridgehead atoms. The lowest BCUT2D eigenvalue weighted by Gasteiger charge is -2.31. The summed E-state index contributed by atoms with van der Waals surface area (Å²) in [5.74, 6) is -1.08. The molecule has 2 aromatic rings. The zero-order valence-electron chi connectivity index (χ0n) is 15.3. The first-order chi connectivity index (χ1) is 12.8. The molecule has 142 valence electrons. The third-order valence-electron chi connectivity index (χ3n) is 4.62. The van der Waals surface area contributed by atoms with Gasteiger partial charge < -0.3 is 20.4 Å². The zero-order chi connectivity index (χ0) is 19.6. The highest BCUT2D eigenvalue weighted by Gasteiger charge is 2.27. The molecule has 0 radical (unpaired) electrons. The summed E-state index contributed by atoms with van der Waals surface area (Å²) in [5, 5.41) is 21.5. The van der Waals surface area contributed by atoms with Crippen LogP contribution in [-0.4, -0.2) is 45.1 Å².